The molecule has 0 aliphatic carbocycles. The Hall–Kier alpha value is -2.01. The number of hydrogen-bond acceptors (Lipinski definition) is 4. The van der Waals surface area contributed by atoms with E-state index in [9.17, 15) is 4.79 Å². The zero-order valence-corrected chi connectivity index (χ0v) is 12.1. The van der Waals surface area contributed by atoms with Crippen molar-refractivity contribution < 1.29 is 14.3 Å². The molecule has 0 bridgehead atoms. The van der Waals surface area contributed by atoms with E-state index in [0.717, 1.165) is 16.1 Å². The number of anilines is 1. The highest BCUT2D eigenvalue weighted by atomic mass is 32.1. The average Bonchev–Trinajstić information content (AvgIpc) is 2.93. The molecule has 3 rings (SSSR count). The molecule has 1 atom stereocenters. The van der Waals surface area contributed by atoms with Crippen molar-refractivity contribution in [1.29, 1.82) is 0 Å². The molecule has 0 saturated heterocycles. The molecule has 1 aromatic carbocycles. The van der Waals surface area contributed by atoms with Crippen LogP contribution in [0.5, 0.6) is 11.5 Å². The van der Waals surface area contributed by atoms with Crippen molar-refractivity contribution in [2.24, 2.45) is 0 Å². The van der Waals surface area contributed by atoms with Crippen molar-refractivity contribution in [3.05, 3.63) is 40.1 Å². The summed E-state index contributed by atoms with van der Waals surface area (Å²) in [6.07, 6.45) is 0.428. The number of amides is 1. The topological polar surface area (TPSA) is 47.6 Å². The molecule has 0 fully saturated rings. The van der Waals surface area contributed by atoms with E-state index in [2.05, 4.69) is 5.32 Å². The Morgan fingerprint density at radius 1 is 1.25 bits per heavy atom. The minimum Gasteiger partial charge on any atom is -0.493 e. The van der Waals surface area contributed by atoms with Gasteiger partial charge in [0.05, 0.1) is 19.9 Å². The van der Waals surface area contributed by atoms with Crippen LogP contribution < -0.4 is 14.8 Å². The van der Waals surface area contributed by atoms with Crippen LogP contribution in [0.2, 0.25) is 0 Å². The predicted octanol–water partition coefficient (Wildman–Crippen LogP) is 3.24. The van der Waals surface area contributed by atoms with Gasteiger partial charge in [0, 0.05) is 22.8 Å². The second-order valence-corrected chi connectivity index (χ2v) is 5.53. The molecule has 1 aliphatic rings. The maximum Gasteiger partial charge on any atom is 0.225 e. The van der Waals surface area contributed by atoms with Crippen LogP contribution in [0.4, 0.5) is 5.69 Å². The highest BCUT2D eigenvalue weighted by Gasteiger charge is 2.30. The van der Waals surface area contributed by atoms with E-state index in [4.69, 9.17) is 9.47 Å². The number of thiophene rings is 1. The zero-order chi connectivity index (χ0) is 14.1. The Kier molecular flexibility index (Phi) is 3.36. The average molecular weight is 289 g/mol. The van der Waals surface area contributed by atoms with Gasteiger partial charge >= 0.3 is 0 Å². The van der Waals surface area contributed by atoms with E-state index in [1.165, 1.54) is 0 Å². The first-order chi connectivity index (χ1) is 9.74. The molecule has 20 heavy (non-hydrogen) atoms. The van der Waals surface area contributed by atoms with Gasteiger partial charge in [-0.1, -0.05) is 12.1 Å². The lowest BCUT2D eigenvalue weighted by Gasteiger charge is -2.25. The highest BCUT2D eigenvalue weighted by molar-refractivity contribution is 7.10. The van der Waals surface area contributed by atoms with Gasteiger partial charge in [-0.15, -0.1) is 11.3 Å². The summed E-state index contributed by atoms with van der Waals surface area (Å²) in [5.74, 6) is 1.44. The largest absolute Gasteiger partial charge is 0.493 e. The normalized spacial score (nSPS) is 17.3. The van der Waals surface area contributed by atoms with Crippen LogP contribution in [0.25, 0.3) is 0 Å². The maximum atomic E-state index is 11.9. The number of carbonyl (C=O) groups is 1. The molecule has 4 nitrogen and oxygen atoms in total. The molecule has 104 valence electrons. The first kappa shape index (κ1) is 13.0. The predicted molar refractivity (Wildman–Crippen MR) is 79.0 cm³/mol. The van der Waals surface area contributed by atoms with Gasteiger partial charge in [0.1, 0.15) is 0 Å². The molecule has 2 aromatic rings. The molecule has 5 heteroatoms. The van der Waals surface area contributed by atoms with Crippen molar-refractivity contribution in [3.8, 4) is 11.5 Å². The third kappa shape index (κ3) is 2.04. The summed E-state index contributed by atoms with van der Waals surface area (Å²) in [6.45, 7) is 0. The van der Waals surface area contributed by atoms with E-state index >= 15 is 0 Å². The Bertz CT molecular complexity index is 650. The molecule has 0 saturated carbocycles. The van der Waals surface area contributed by atoms with Gasteiger partial charge in [0.25, 0.3) is 0 Å². The summed E-state index contributed by atoms with van der Waals surface area (Å²) in [6, 6.07) is 7.72. The van der Waals surface area contributed by atoms with Crippen LogP contribution in [-0.4, -0.2) is 20.1 Å². The second-order valence-electron chi connectivity index (χ2n) is 4.59. The van der Waals surface area contributed by atoms with Gasteiger partial charge in [0.15, 0.2) is 11.5 Å². The lowest BCUT2D eigenvalue weighted by atomic mass is 9.90. The number of hydrogen-bond donors (Lipinski definition) is 1. The van der Waals surface area contributed by atoms with Gasteiger partial charge in [-0.2, -0.15) is 0 Å². The Balaban J connectivity index is 2.13. The molecule has 2 heterocycles. The first-order valence-electron chi connectivity index (χ1n) is 6.32. The summed E-state index contributed by atoms with van der Waals surface area (Å²) >= 11 is 1.65. The SMILES string of the molecule is COc1cccc(C2CC(=O)Nc3ccsc32)c1OC. The Morgan fingerprint density at radius 3 is 2.85 bits per heavy atom. The molecule has 1 amide bonds. The molecule has 1 aliphatic heterocycles. The zero-order valence-electron chi connectivity index (χ0n) is 11.3. The number of carbonyl (C=O) groups excluding carboxylic acids is 1. The quantitative estimate of drug-likeness (QED) is 0.943. The minimum absolute atomic E-state index is 0.0174. The van der Waals surface area contributed by atoms with Crippen LogP contribution in [0.15, 0.2) is 29.6 Å². The van der Waals surface area contributed by atoms with Gasteiger partial charge in [-0.05, 0) is 17.5 Å². The Labute approximate surface area is 121 Å². The molecule has 0 radical (unpaired) electrons. The molecule has 1 unspecified atom stereocenters. The minimum atomic E-state index is 0.0174. The van der Waals surface area contributed by atoms with Crippen LogP contribution in [0.3, 0.4) is 0 Å². The summed E-state index contributed by atoms with van der Waals surface area (Å²) < 4.78 is 10.8. The Morgan fingerprint density at radius 2 is 2.10 bits per heavy atom. The number of para-hydroxylation sites is 1. The third-order valence-electron chi connectivity index (χ3n) is 3.48. The lowest BCUT2D eigenvalue weighted by Crippen LogP contribution is -2.22. The van der Waals surface area contributed by atoms with Crippen molar-refractivity contribution in [2.45, 2.75) is 12.3 Å². The lowest BCUT2D eigenvalue weighted by molar-refractivity contribution is -0.116. The first-order valence-corrected chi connectivity index (χ1v) is 7.20. The summed E-state index contributed by atoms with van der Waals surface area (Å²) in [5.41, 5.74) is 1.89. The monoisotopic (exact) mass is 289 g/mol. The maximum absolute atomic E-state index is 11.9. The number of methoxy groups -OCH3 is 2. The van der Waals surface area contributed by atoms with E-state index in [0.29, 0.717) is 17.9 Å². The number of benzene rings is 1. The fourth-order valence-corrected chi connectivity index (χ4v) is 3.58. The van der Waals surface area contributed by atoms with Gasteiger partial charge in [-0.25, -0.2) is 0 Å². The molecular weight excluding hydrogens is 274 g/mol. The number of fused-ring (bicyclic) bond motifs is 1. The second kappa shape index (κ2) is 5.17. The number of ether oxygens (including phenoxy) is 2. The van der Waals surface area contributed by atoms with Crippen LogP contribution >= 0.6 is 11.3 Å². The van der Waals surface area contributed by atoms with Gasteiger partial charge in [-0.3, -0.25) is 4.79 Å². The third-order valence-corrected chi connectivity index (χ3v) is 4.51. The van der Waals surface area contributed by atoms with E-state index < -0.39 is 0 Å². The van der Waals surface area contributed by atoms with Crippen molar-refractivity contribution in [1.82, 2.24) is 0 Å². The van der Waals surface area contributed by atoms with Crippen LogP contribution in [-0.2, 0) is 4.79 Å². The number of rotatable bonds is 3. The van der Waals surface area contributed by atoms with Crippen LogP contribution in [0, 0.1) is 0 Å². The van der Waals surface area contributed by atoms with Crippen molar-refractivity contribution in [3.63, 3.8) is 0 Å². The van der Waals surface area contributed by atoms with Crippen molar-refractivity contribution in [2.75, 3.05) is 19.5 Å². The molecule has 0 spiro atoms. The summed E-state index contributed by atoms with van der Waals surface area (Å²) in [5, 5.41) is 4.90. The molecular formula is C15H15NO3S. The molecule has 1 aromatic heterocycles. The van der Waals surface area contributed by atoms with E-state index in [-0.39, 0.29) is 11.8 Å². The smallest absolute Gasteiger partial charge is 0.225 e. The van der Waals surface area contributed by atoms with Crippen molar-refractivity contribution >= 4 is 22.9 Å². The summed E-state index contributed by atoms with van der Waals surface area (Å²) in [4.78, 5) is 13.0. The standard InChI is InChI=1S/C15H15NO3S/c1-18-12-5-3-4-9(14(12)19-2)10-8-13(17)16-11-6-7-20-15(10)11/h3-7,10H,8H2,1-2H3,(H,16,17). The summed E-state index contributed by atoms with van der Waals surface area (Å²) in [7, 11) is 3.24. The highest BCUT2D eigenvalue weighted by Crippen LogP contribution is 2.45. The fraction of sp³-hybridized carbons (Fsp3) is 0.267. The van der Waals surface area contributed by atoms with E-state index in [1.54, 1.807) is 25.6 Å². The number of nitrogens with one attached hydrogen (secondary N) is 1. The van der Waals surface area contributed by atoms with Gasteiger partial charge < -0.3 is 14.8 Å². The van der Waals surface area contributed by atoms with Gasteiger partial charge in [0.2, 0.25) is 5.91 Å². The van der Waals surface area contributed by atoms with E-state index in [1.807, 2.05) is 29.6 Å². The fourth-order valence-electron chi connectivity index (χ4n) is 2.61. The van der Waals surface area contributed by atoms with Crippen LogP contribution in [0.1, 0.15) is 22.8 Å². The molecule has 1 N–H and O–H groups in total.